The van der Waals surface area contributed by atoms with E-state index in [9.17, 15) is 14.0 Å². The Kier molecular flexibility index (Phi) is 4.97. The minimum atomic E-state index is -0.603. The van der Waals surface area contributed by atoms with Crippen LogP contribution in [0.3, 0.4) is 0 Å². The summed E-state index contributed by atoms with van der Waals surface area (Å²) in [6, 6.07) is 5.89. The van der Waals surface area contributed by atoms with Crippen molar-refractivity contribution in [2.45, 2.75) is 13.0 Å². The summed E-state index contributed by atoms with van der Waals surface area (Å²) in [6.45, 7) is 1.77. The smallest absolute Gasteiger partial charge is 0.414 e. The number of benzene rings is 1. The van der Waals surface area contributed by atoms with Gasteiger partial charge in [0.2, 0.25) is 5.91 Å². The number of aromatic amines is 1. The molecule has 0 unspecified atom stereocenters. The monoisotopic (exact) mass is 375 g/mol. The molecule has 0 bridgehead atoms. The van der Waals surface area contributed by atoms with Crippen LogP contribution < -0.4 is 16.0 Å². The second kappa shape index (κ2) is 7.36. The average molecular weight is 375 g/mol. The van der Waals surface area contributed by atoms with Crippen molar-refractivity contribution in [2.24, 2.45) is 10.9 Å². The number of oxime groups is 1. The lowest BCUT2D eigenvalue weighted by molar-refractivity contribution is -0.119. The molecule has 1 aliphatic heterocycles. The van der Waals surface area contributed by atoms with Gasteiger partial charge in [-0.2, -0.15) is 0 Å². The predicted molar refractivity (Wildman–Crippen MR) is 95.0 cm³/mol. The average Bonchev–Trinajstić information content (AvgIpc) is 3.26. The Labute approximate surface area is 153 Å². The minimum Gasteiger partial charge on any atom is -0.442 e. The highest BCUT2D eigenvalue weighted by Gasteiger charge is 2.32. The van der Waals surface area contributed by atoms with E-state index in [1.165, 1.54) is 30.2 Å². The van der Waals surface area contributed by atoms with Crippen LogP contribution in [0, 0.1) is 5.82 Å². The minimum absolute atomic E-state index is 0.122. The summed E-state index contributed by atoms with van der Waals surface area (Å²) in [6.07, 6.45) is 0.421. The highest BCUT2D eigenvalue weighted by molar-refractivity contribution is 5.96. The number of rotatable bonds is 5. The number of cyclic esters (lactones) is 1. The summed E-state index contributed by atoms with van der Waals surface area (Å²) in [4.78, 5) is 27.1. The van der Waals surface area contributed by atoms with E-state index in [1.54, 1.807) is 12.1 Å². The SMILES string of the molecule is CC(=O)NC[C@H]1CN(c2ccc(-c3c[nH]c(/C(N)=N\O)c3)c(F)c2)C(=O)O1. The van der Waals surface area contributed by atoms with Gasteiger partial charge in [-0.1, -0.05) is 5.16 Å². The van der Waals surface area contributed by atoms with E-state index in [4.69, 9.17) is 15.7 Å². The fourth-order valence-electron chi connectivity index (χ4n) is 2.75. The molecule has 0 saturated carbocycles. The Morgan fingerprint density at radius 1 is 1.52 bits per heavy atom. The zero-order valence-corrected chi connectivity index (χ0v) is 14.4. The van der Waals surface area contributed by atoms with Gasteiger partial charge in [0, 0.05) is 24.2 Å². The van der Waals surface area contributed by atoms with Crippen LogP contribution in [-0.4, -0.2) is 47.2 Å². The number of amidine groups is 1. The summed E-state index contributed by atoms with van der Waals surface area (Å²) >= 11 is 0. The van der Waals surface area contributed by atoms with Crippen LogP contribution >= 0.6 is 0 Å². The number of ether oxygens (including phenoxy) is 1. The van der Waals surface area contributed by atoms with Gasteiger partial charge in [-0.25, -0.2) is 9.18 Å². The molecule has 2 amide bonds. The normalized spacial score (nSPS) is 17.1. The molecule has 1 saturated heterocycles. The van der Waals surface area contributed by atoms with Gasteiger partial charge in [0.25, 0.3) is 0 Å². The number of hydrogen-bond acceptors (Lipinski definition) is 5. The molecule has 5 N–H and O–H groups in total. The van der Waals surface area contributed by atoms with E-state index in [0.717, 1.165) is 0 Å². The molecular formula is C17H18FN5O4. The van der Waals surface area contributed by atoms with Crippen LogP contribution in [0.4, 0.5) is 14.9 Å². The Morgan fingerprint density at radius 3 is 2.96 bits per heavy atom. The zero-order valence-electron chi connectivity index (χ0n) is 14.4. The summed E-state index contributed by atoms with van der Waals surface area (Å²) < 4.78 is 19.8. The highest BCUT2D eigenvalue weighted by atomic mass is 19.1. The molecule has 142 valence electrons. The Bertz CT molecular complexity index is 910. The number of amides is 2. The number of aromatic nitrogens is 1. The van der Waals surface area contributed by atoms with Crippen molar-refractivity contribution >= 4 is 23.5 Å². The van der Waals surface area contributed by atoms with Crippen molar-refractivity contribution in [2.75, 3.05) is 18.0 Å². The van der Waals surface area contributed by atoms with Gasteiger partial charge in [0.05, 0.1) is 24.5 Å². The third kappa shape index (κ3) is 3.84. The standard InChI is InChI=1S/C17H18FN5O4/c1-9(24)20-7-12-8-23(17(25)27-12)11-2-3-13(14(18)5-11)10-4-15(21-6-10)16(19)22-26/h2-6,12,21,26H,7-8H2,1H3,(H2,19,22)(H,20,24)/t12-/m0/s1. The van der Waals surface area contributed by atoms with E-state index in [-0.39, 0.29) is 30.4 Å². The Hall–Kier alpha value is -3.56. The molecule has 1 aromatic carbocycles. The number of nitrogens with zero attached hydrogens (tertiary/aromatic N) is 2. The van der Waals surface area contributed by atoms with Gasteiger partial charge in [-0.05, 0) is 24.3 Å². The first-order valence-electron chi connectivity index (χ1n) is 8.08. The summed E-state index contributed by atoms with van der Waals surface area (Å²) in [7, 11) is 0. The number of nitrogens with two attached hydrogens (primary N) is 1. The molecule has 0 aliphatic carbocycles. The zero-order chi connectivity index (χ0) is 19.6. The van der Waals surface area contributed by atoms with E-state index in [0.29, 0.717) is 16.9 Å². The summed E-state index contributed by atoms with van der Waals surface area (Å²) in [5.74, 6) is -0.892. The van der Waals surface area contributed by atoms with Gasteiger partial charge < -0.3 is 26.0 Å². The van der Waals surface area contributed by atoms with Crippen LogP contribution in [0.25, 0.3) is 11.1 Å². The van der Waals surface area contributed by atoms with Gasteiger partial charge >= 0.3 is 6.09 Å². The largest absolute Gasteiger partial charge is 0.442 e. The lowest BCUT2D eigenvalue weighted by Gasteiger charge is -2.14. The number of H-pyrrole nitrogens is 1. The van der Waals surface area contributed by atoms with Crippen LogP contribution in [0.15, 0.2) is 35.6 Å². The first-order chi connectivity index (χ1) is 12.9. The number of halogens is 1. The van der Waals surface area contributed by atoms with Crippen LogP contribution in [0.2, 0.25) is 0 Å². The Balaban J connectivity index is 1.78. The molecule has 3 rings (SSSR count). The molecule has 2 aromatic rings. The second-order valence-corrected chi connectivity index (χ2v) is 6.00. The van der Waals surface area contributed by atoms with Crippen molar-refractivity contribution in [1.82, 2.24) is 10.3 Å². The second-order valence-electron chi connectivity index (χ2n) is 6.00. The maximum absolute atomic E-state index is 14.6. The van der Waals surface area contributed by atoms with Crippen LogP contribution in [-0.2, 0) is 9.53 Å². The van der Waals surface area contributed by atoms with E-state index in [1.807, 2.05) is 0 Å². The first-order valence-corrected chi connectivity index (χ1v) is 8.08. The molecule has 10 heteroatoms. The third-order valence-corrected chi connectivity index (χ3v) is 4.09. The molecule has 1 fully saturated rings. The van der Waals surface area contributed by atoms with Gasteiger partial charge in [0.1, 0.15) is 11.9 Å². The van der Waals surface area contributed by atoms with Crippen molar-refractivity contribution in [3.05, 3.63) is 42.0 Å². The fraction of sp³-hybridized carbons (Fsp3) is 0.235. The lowest BCUT2D eigenvalue weighted by atomic mass is 10.1. The van der Waals surface area contributed by atoms with E-state index in [2.05, 4.69) is 15.5 Å². The summed E-state index contributed by atoms with van der Waals surface area (Å²) in [5, 5.41) is 14.2. The Morgan fingerprint density at radius 2 is 2.30 bits per heavy atom. The molecule has 9 nitrogen and oxygen atoms in total. The highest BCUT2D eigenvalue weighted by Crippen LogP contribution is 2.29. The van der Waals surface area contributed by atoms with E-state index >= 15 is 0 Å². The van der Waals surface area contributed by atoms with Gasteiger partial charge in [-0.3, -0.25) is 9.69 Å². The summed E-state index contributed by atoms with van der Waals surface area (Å²) in [5.41, 5.74) is 6.98. The van der Waals surface area contributed by atoms with Crippen LogP contribution in [0.5, 0.6) is 0 Å². The maximum atomic E-state index is 14.6. The van der Waals surface area contributed by atoms with Crippen molar-refractivity contribution in [3.8, 4) is 11.1 Å². The van der Waals surface area contributed by atoms with E-state index < -0.39 is 18.0 Å². The molecule has 27 heavy (non-hydrogen) atoms. The van der Waals surface area contributed by atoms with Gasteiger partial charge in [0.15, 0.2) is 5.84 Å². The number of carbonyl (C=O) groups is 2. The number of anilines is 1. The maximum Gasteiger partial charge on any atom is 0.414 e. The third-order valence-electron chi connectivity index (χ3n) is 4.09. The lowest BCUT2D eigenvalue weighted by Crippen LogP contribution is -2.33. The molecule has 1 aliphatic rings. The number of carbonyl (C=O) groups excluding carboxylic acids is 2. The molecule has 0 radical (unpaired) electrons. The quantitative estimate of drug-likeness (QED) is 0.271. The topological polar surface area (TPSA) is 133 Å². The molecular weight excluding hydrogens is 357 g/mol. The first kappa shape index (κ1) is 18.2. The van der Waals surface area contributed by atoms with Crippen molar-refractivity contribution < 1.29 is 23.9 Å². The number of hydrogen-bond donors (Lipinski definition) is 4. The number of nitrogens with one attached hydrogen (secondary N) is 2. The van der Waals surface area contributed by atoms with Gasteiger partial charge in [-0.15, -0.1) is 0 Å². The van der Waals surface area contributed by atoms with Crippen molar-refractivity contribution in [1.29, 1.82) is 0 Å². The molecule has 2 heterocycles. The molecule has 0 spiro atoms. The van der Waals surface area contributed by atoms with Crippen LogP contribution in [0.1, 0.15) is 12.6 Å². The molecule has 1 atom stereocenters. The van der Waals surface area contributed by atoms with Crippen molar-refractivity contribution in [3.63, 3.8) is 0 Å². The fourth-order valence-corrected chi connectivity index (χ4v) is 2.75. The predicted octanol–water partition coefficient (Wildman–Crippen LogP) is 1.38. The molecule has 1 aromatic heterocycles.